The molecule has 2 amide bonds. The van der Waals surface area contributed by atoms with Crippen molar-refractivity contribution in [3.63, 3.8) is 0 Å². The lowest BCUT2D eigenvalue weighted by Gasteiger charge is -2.22. The van der Waals surface area contributed by atoms with Crippen LogP contribution in [-0.4, -0.2) is 16.2 Å². The molecule has 0 aliphatic rings. The fourth-order valence-corrected chi connectivity index (χ4v) is 1.64. The summed E-state index contributed by atoms with van der Waals surface area (Å²) >= 11 is 0. The van der Waals surface area contributed by atoms with E-state index in [4.69, 9.17) is 4.52 Å². The summed E-state index contributed by atoms with van der Waals surface area (Å²) < 4.78 is 31.1. The topological polar surface area (TPSA) is 80.0 Å². The molecule has 1 aromatic carbocycles. The van der Waals surface area contributed by atoms with Crippen molar-refractivity contribution in [1.29, 1.82) is 0 Å². The Hall–Kier alpha value is -2.51. The first-order chi connectivity index (χ1) is 9.78. The molecule has 6 nitrogen and oxygen atoms in total. The predicted octanol–water partition coefficient (Wildman–Crippen LogP) is 2.71. The second-order valence-electron chi connectivity index (χ2n) is 4.97. The minimum atomic E-state index is -0.918. The number of hydrogen-bond donors (Lipinski definition) is 2. The molecule has 2 rings (SSSR count). The first kappa shape index (κ1) is 14.9. The van der Waals surface area contributed by atoms with Gasteiger partial charge in [-0.05, 0) is 26.0 Å². The standard InChI is InChI=1S/C13H14F2N4O2/c1-7-16-11(19-21-7)13(2,3)18-12(20)17-10-5-4-8(14)6-9(10)15/h4-6H,1-3H3,(H2,17,18,20). The molecule has 0 aliphatic carbocycles. The Labute approximate surface area is 119 Å². The monoisotopic (exact) mass is 296 g/mol. The number of rotatable bonds is 3. The predicted molar refractivity (Wildman–Crippen MR) is 70.6 cm³/mol. The lowest BCUT2D eigenvalue weighted by molar-refractivity contribution is 0.239. The van der Waals surface area contributed by atoms with Crippen molar-refractivity contribution in [3.05, 3.63) is 41.5 Å². The van der Waals surface area contributed by atoms with Gasteiger partial charge in [0.25, 0.3) is 0 Å². The zero-order valence-corrected chi connectivity index (χ0v) is 11.7. The van der Waals surface area contributed by atoms with Gasteiger partial charge < -0.3 is 15.2 Å². The Morgan fingerprint density at radius 2 is 2.05 bits per heavy atom. The summed E-state index contributed by atoms with van der Waals surface area (Å²) in [5, 5.41) is 8.60. The average Bonchev–Trinajstić information content (AvgIpc) is 2.80. The minimum Gasteiger partial charge on any atom is -0.340 e. The molecule has 0 bridgehead atoms. The van der Waals surface area contributed by atoms with Crippen molar-refractivity contribution in [2.24, 2.45) is 0 Å². The normalized spacial score (nSPS) is 11.3. The smallest absolute Gasteiger partial charge is 0.320 e. The van der Waals surface area contributed by atoms with E-state index >= 15 is 0 Å². The summed E-state index contributed by atoms with van der Waals surface area (Å²) in [6.45, 7) is 4.95. The van der Waals surface area contributed by atoms with Crippen LogP contribution in [0.15, 0.2) is 22.7 Å². The van der Waals surface area contributed by atoms with Crippen LogP contribution >= 0.6 is 0 Å². The van der Waals surface area contributed by atoms with Crippen LogP contribution in [-0.2, 0) is 5.54 Å². The van der Waals surface area contributed by atoms with Crippen LogP contribution < -0.4 is 10.6 Å². The van der Waals surface area contributed by atoms with E-state index in [1.54, 1.807) is 20.8 Å². The number of aryl methyl sites for hydroxylation is 1. The SMILES string of the molecule is Cc1nc(C(C)(C)NC(=O)Nc2ccc(F)cc2F)no1. The van der Waals surface area contributed by atoms with Gasteiger partial charge in [0, 0.05) is 13.0 Å². The number of hydrogen-bond acceptors (Lipinski definition) is 4. The van der Waals surface area contributed by atoms with Gasteiger partial charge in [0.1, 0.15) is 11.6 Å². The number of urea groups is 1. The van der Waals surface area contributed by atoms with Crippen molar-refractivity contribution < 1.29 is 18.1 Å². The van der Waals surface area contributed by atoms with Crippen LogP contribution in [0.1, 0.15) is 25.6 Å². The van der Waals surface area contributed by atoms with E-state index in [1.807, 2.05) is 0 Å². The van der Waals surface area contributed by atoms with Crippen molar-refractivity contribution in [2.75, 3.05) is 5.32 Å². The molecule has 0 spiro atoms. The molecule has 0 saturated carbocycles. The Morgan fingerprint density at radius 3 is 2.62 bits per heavy atom. The van der Waals surface area contributed by atoms with Crippen LogP contribution in [0.3, 0.4) is 0 Å². The van der Waals surface area contributed by atoms with E-state index in [1.165, 1.54) is 0 Å². The van der Waals surface area contributed by atoms with Crippen molar-refractivity contribution in [2.45, 2.75) is 26.3 Å². The molecular formula is C13H14F2N4O2. The van der Waals surface area contributed by atoms with Crippen LogP contribution in [0.25, 0.3) is 0 Å². The molecular weight excluding hydrogens is 282 g/mol. The molecule has 2 aromatic rings. The molecule has 0 atom stereocenters. The Balaban J connectivity index is 2.07. The van der Waals surface area contributed by atoms with Gasteiger partial charge >= 0.3 is 6.03 Å². The fraction of sp³-hybridized carbons (Fsp3) is 0.308. The van der Waals surface area contributed by atoms with Crippen molar-refractivity contribution >= 4 is 11.7 Å². The zero-order chi connectivity index (χ0) is 15.6. The number of aromatic nitrogens is 2. The zero-order valence-electron chi connectivity index (χ0n) is 11.7. The molecule has 0 radical (unpaired) electrons. The Morgan fingerprint density at radius 1 is 1.33 bits per heavy atom. The Kier molecular flexibility index (Phi) is 3.88. The highest BCUT2D eigenvalue weighted by molar-refractivity contribution is 5.89. The summed E-state index contributed by atoms with van der Waals surface area (Å²) in [5.41, 5.74) is -1.05. The minimum absolute atomic E-state index is 0.131. The van der Waals surface area contributed by atoms with Crippen LogP contribution in [0, 0.1) is 18.6 Å². The quantitative estimate of drug-likeness (QED) is 0.912. The second kappa shape index (κ2) is 5.47. The summed E-state index contributed by atoms with van der Waals surface area (Å²) in [6, 6.07) is 2.19. The third-order valence-corrected chi connectivity index (χ3v) is 2.69. The molecule has 0 aliphatic heterocycles. The maximum absolute atomic E-state index is 13.4. The molecule has 0 fully saturated rings. The van der Waals surface area contributed by atoms with Gasteiger partial charge in [0.2, 0.25) is 5.89 Å². The molecule has 1 aromatic heterocycles. The van der Waals surface area contributed by atoms with Crippen molar-refractivity contribution in [3.8, 4) is 0 Å². The van der Waals surface area contributed by atoms with E-state index in [0.717, 1.165) is 12.1 Å². The lowest BCUT2D eigenvalue weighted by Crippen LogP contribution is -2.44. The Bertz CT molecular complexity index is 670. The van der Waals surface area contributed by atoms with Gasteiger partial charge in [-0.15, -0.1) is 0 Å². The largest absolute Gasteiger partial charge is 0.340 e. The number of anilines is 1. The number of amides is 2. The highest BCUT2D eigenvalue weighted by Crippen LogP contribution is 2.18. The van der Waals surface area contributed by atoms with Crippen LogP contribution in [0.4, 0.5) is 19.3 Å². The van der Waals surface area contributed by atoms with E-state index in [0.29, 0.717) is 12.0 Å². The number of halogens is 2. The average molecular weight is 296 g/mol. The fourth-order valence-electron chi connectivity index (χ4n) is 1.64. The summed E-state index contributed by atoms with van der Waals surface area (Å²) in [6.07, 6.45) is 0. The lowest BCUT2D eigenvalue weighted by atomic mass is 10.1. The van der Waals surface area contributed by atoms with Gasteiger partial charge in [0.05, 0.1) is 11.2 Å². The molecule has 8 heteroatoms. The number of carbonyl (C=O) groups is 1. The van der Waals surface area contributed by atoms with Gasteiger partial charge in [-0.2, -0.15) is 4.98 Å². The maximum atomic E-state index is 13.4. The van der Waals surface area contributed by atoms with Gasteiger partial charge in [-0.3, -0.25) is 0 Å². The molecule has 21 heavy (non-hydrogen) atoms. The molecule has 2 N–H and O–H groups in total. The van der Waals surface area contributed by atoms with E-state index in [-0.39, 0.29) is 11.5 Å². The molecule has 0 unspecified atom stereocenters. The van der Waals surface area contributed by atoms with Gasteiger partial charge in [-0.1, -0.05) is 5.16 Å². The van der Waals surface area contributed by atoms with Crippen molar-refractivity contribution in [1.82, 2.24) is 15.5 Å². The number of carbonyl (C=O) groups excluding carboxylic acids is 1. The van der Waals surface area contributed by atoms with Crippen LogP contribution in [0.5, 0.6) is 0 Å². The third kappa shape index (κ3) is 3.53. The third-order valence-electron chi connectivity index (χ3n) is 2.69. The molecule has 0 saturated heterocycles. The van der Waals surface area contributed by atoms with Gasteiger partial charge in [-0.25, -0.2) is 13.6 Å². The first-order valence-corrected chi connectivity index (χ1v) is 6.13. The molecule has 112 valence electrons. The highest BCUT2D eigenvalue weighted by Gasteiger charge is 2.28. The number of benzene rings is 1. The number of nitrogens with zero attached hydrogens (tertiary/aromatic N) is 2. The maximum Gasteiger partial charge on any atom is 0.320 e. The highest BCUT2D eigenvalue weighted by atomic mass is 19.1. The van der Waals surface area contributed by atoms with Gasteiger partial charge in [0.15, 0.2) is 5.82 Å². The molecule has 1 heterocycles. The summed E-state index contributed by atoms with van der Waals surface area (Å²) in [4.78, 5) is 15.9. The summed E-state index contributed by atoms with van der Waals surface area (Å²) in [5.74, 6) is -0.931. The van der Waals surface area contributed by atoms with E-state index in [2.05, 4.69) is 20.8 Å². The second-order valence-corrected chi connectivity index (χ2v) is 4.97. The van der Waals surface area contributed by atoms with E-state index in [9.17, 15) is 13.6 Å². The van der Waals surface area contributed by atoms with Crippen LogP contribution in [0.2, 0.25) is 0 Å². The number of nitrogens with one attached hydrogen (secondary N) is 2. The first-order valence-electron chi connectivity index (χ1n) is 6.13. The van der Waals surface area contributed by atoms with E-state index < -0.39 is 23.2 Å². The summed E-state index contributed by atoms with van der Waals surface area (Å²) in [7, 11) is 0.